The molecule has 0 atom stereocenters. The van der Waals surface area contributed by atoms with Gasteiger partial charge in [-0.2, -0.15) is 0 Å². The van der Waals surface area contributed by atoms with E-state index in [9.17, 15) is 4.79 Å². The van der Waals surface area contributed by atoms with E-state index in [4.69, 9.17) is 31.9 Å². The molecule has 102 valence electrons. The Kier molecular flexibility index (Phi) is 6.08. The maximum Gasteiger partial charge on any atom is 0.396 e. The number of carbonyl (C=O) groups excluding carboxylic acids is 1. The summed E-state index contributed by atoms with van der Waals surface area (Å²) in [5.41, 5.74) is 18.5. The van der Waals surface area contributed by atoms with Gasteiger partial charge in [0.15, 0.2) is 0 Å². The summed E-state index contributed by atoms with van der Waals surface area (Å²) in [6.07, 6.45) is 0. The summed E-state index contributed by atoms with van der Waals surface area (Å²) in [6, 6.07) is 0. The van der Waals surface area contributed by atoms with Crippen molar-refractivity contribution in [1.29, 1.82) is 16.6 Å². The number of hydrogen-bond acceptors (Lipinski definition) is 11. The summed E-state index contributed by atoms with van der Waals surface area (Å²) in [7, 11) is 0. The number of aliphatic hydroxyl groups is 3. The Morgan fingerprint density at radius 1 is 1.00 bits per heavy atom. The number of aliphatic hydroxyl groups excluding tert-OH is 3. The van der Waals surface area contributed by atoms with Crippen LogP contribution in [0.25, 0.3) is 0 Å². The molecule has 0 aromatic rings. The van der Waals surface area contributed by atoms with Crippen LogP contribution < -0.4 is 0 Å². The first-order valence-electron chi connectivity index (χ1n) is 4.65. The van der Waals surface area contributed by atoms with Gasteiger partial charge in [-0.05, 0) is 0 Å². The zero-order valence-electron chi connectivity index (χ0n) is 9.33. The fraction of sp³-hybridized carbons (Fsp3) is 0.857. The molecule has 0 bridgehead atoms. The monoisotopic (exact) mass is 262 g/mol. The Hall–Kier alpha value is -1.85. The molecule has 0 heterocycles. The van der Waals surface area contributed by atoms with Crippen molar-refractivity contribution in [2.45, 2.75) is 5.79 Å². The van der Waals surface area contributed by atoms with Crippen LogP contribution in [0.5, 0.6) is 0 Å². The molecule has 0 fully saturated rings. The van der Waals surface area contributed by atoms with Crippen LogP contribution in [-0.4, -0.2) is 53.5 Å². The van der Waals surface area contributed by atoms with Crippen LogP contribution in [0.3, 0.4) is 0 Å². The second-order valence-corrected chi connectivity index (χ2v) is 3.52. The standard InChI is InChI=1S/C7H14N6O5/c8-11-7(12-9,13-10)5(17)18-4-6(1-14,2-15)3-16/h8-10,14-16H,1-4H2. The SMILES string of the molecule is N=NC(N=N)(N=N)C(=O)OCC(CO)(CO)CO. The predicted molar refractivity (Wildman–Crippen MR) is 52.8 cm³/mol. The molecule has 0 aromatic carbocycles. The average molecular weight is 262 g/mol. The highest BCUT2D eigenvalue weighted by Crippen LogP contribution is 2.20. The summed E-state index contributed by atoms with van der Waals surface area (Å²) in [5.74, 6) is -4.02. The quantitative estimate of drug-likeness (QED) is 0.234. The number of nitrogens with one attached hydrogen (secondary N) is 3. The van der Waals surface area contributed by atoms with Gasteiger partial charge in [0.05, 0.1) is 25.2 Å². The van der Waals surface area contributed by atoms with Gasteiger partial charge < -0.3 is 20.1 Å². The molecule has 0 saturated carbocycles. The van der Waals surface area contributed by atoms with Gasteiger partial charge in [0.2, 0.25) is 0 Å². The Morgan fingerprint density at radius 2 is 1.39 bits per heavy atom. The maximum atomic E-state index is 11.4. The summed E-state index contributed by atoms with van der Waals surface area (Å²) in [5, 5.41) is 34.8. The van der Waals surface area contributed by atoms with E-state index >= 15 is 0 Å². The Bertz CT molecular complexity index is 300. The van der Waals surface area contributed by atoms with E-state index in [0.29, 0.717) is 0 Å². The summed E-state index contributed by atoms with van der Waals surface area (Å²) in [4.78, 5) is 11.4. The number of esters is 1. The lowest BCUT2D eigenvalue weighted by Crippen LogP contribution is -2.42. The molecule has 11 heteroatoms. The average Bonchev–Trinajstić information content (AvgIpc) is 2.43. The molecule has 0 rings (SSSR count). The van der Waals surface area contributed by atoms with Crippen LogP contribution >= 0.6 is 0 Å². The normalized spacial score (nSPS) is 14.4. The third-order valence-electron chi connectivity index (χ3n) is 2.26. The third-order valence-corrected chi connectivity index (χ3v) is 2.26. The van der Waals surface area contributed by atoms with Crippen molar-refractivity contribution in [3.8, 4) is 0 Å². The fourth-order valence-electron chi connectivity index (χ4n) is 0.814. The first kappa shape index (κ1) is 16.1. The van der Waals surface area contributed by atoms with Crippen molar-refractivity contribution < 1.29 is 24.9 Å². The van der Waals surface area contributed by atoms with Gasteiger partial charge in [-0.1, -0.05) is 0 Å². The van der Waals surface area contributed by atoms with Crippen LogP contribution in [0.2, 0.25) is 0 Å². The zero-order valence-corrected chi connectivity index (χ0v) is 9.33. The van der Waals surface area contributed by atoms with Crippen molar-refractivity contribution in [2.75, 3.05) is 26.4 Å². The molecule has 0 radical (unpaired) electrons. The first-order valence-corrected chi connectivity index (χ1v) is 4.65. The van der Waals surface area contributed by atoms with E-state index in [-0.39, 0.29) is 0 Å². The molecule has 0 aliphatic rings. The van der Waals surface area contributed by atoms with Gasteiger partial charge in [0.1, 0.15) is 6.61 Å². The van der Waals surface area contributed by atoms with E-state index in [1.54, 1.807) is 0 Å². The first-order chi connectivity index (χ1) is 8.49. The molecule has 18 heavy (non-hydrogen) atoms. The molecule has 0 aromatic heterocycles. The molecule has 0 aliphatic heterocycles. The van der Waals surface area contributed by atoms with Gasteiger partial charge in [-0.25, -0.2) is 21.4 Å². The summed E-state index contributed by atoms with van der Waals surface area (Å²) in [6.45, 7) is -2.57. The molecule has 0 unspecified atom stereocenters. The molecular formula is C7H14N6O5. The second-order valence-electron chi connectivity index (χ2n) is 3.52. The molecular weight excluding hydrogens is 248 g/mol. The lowest BCUT2D eigenvalue weighted by Gasteiger charge is -2.27. The summed E-state index contributed by atoms with van der Waals surface area (Å²) >= 11 is 0. The molecule has 0 aliphatic carbocycles. The molecule has 11 nitrogen and oxygen atoms in total. The number of hydrogen-bond donors (Lipinski definition) is 6. The number of rotatable bonds is 9. The van der Waals surface area contributed by atoms with Crippen molar-refractivity contribution in [3.05, 3.63) is 0 Å². The highest BCUT2D eigenvalue weighted by molar-refractivity contribution is 5.79. The van der Waals surface area contributed by atoms with Crippen LogP contribution in [0.4, 0.5) is 0 Å². The predicted octanol–water partition coefficient (Wildman–Crippen LogP) is -0.760. The maximum absolute atomic E-state index is 11.4. The van der Waals surface area contributed by atoms with Crippen molar-refractivity contribution in [2.24, 2.45) is 20.8 Å². The van der Waals surface area contributed by atoms with Crippen LogP contribution in [0, 0.1) is 22.0 Å². The van der Waals surface area contributed by atoms with Crippen molar-refractivity contribution in [3.63, 3.8) is 0 Å². The van der Waals surface area contributed by atoms with Crippen LogP contribution in [0.1, 0.15) is 0 Å². The third kappa shape index (κ3) is 3.09. The Labute approximate surface area is 101 Å². The van der Waals surface area contributed by atoms with E-state index in [1.165, 1.54) is 0 Å². The minimum Gasteiger partial charge on any atom is -0.460 e. The minimum absolute atomic E-state index is 0.600. The van der Waals surface area contributed by atoms with Crippen molar-refractivity contribution >= 4 is 5.97 Å². The number of carbonyl (C=O) groups is 1. The molecule has 0 spiro atoms. The van der Waals surface area contributed by atoms with Crippen LogP contribution in [0.15, 0.2) is 15.3 Å². The van der Waals surface area contributed by atoms with Crippen molar-refractivity contribution in [1.82, 2.24) is 0 Å². The highest BCUT2D eigenvalue weighted by Gasteiger charge is 2.42. The lowest BCUT2D eigenvalue weighted by atomic mass is 9.93. The van der Waals surface area contributed by atoms with Gasteiger partial charge in [0, 0.05) is 0 Å². The minimum atomic E-state index is -2.63. The van der Waals surface area contributed by atoms with Gasteiger partial charge in [0.25, 0.3) is 0 Å². The highest BCUT2D eigenvalue weighted by atomic mass is 16.5. The summed E-state index contributed by atoms with van der Waals surface area (Å²) < 4.78 is 4.56. The van der Waals surface area contributed by atoms with E-state index in [1.807, 2.05) is 0 Å². The number of nitrogens with zero attached hydrogens (tertiary/aromatic N) is 3. The molecule has 0 amide bonds. The zero-order chi connectivity index (χ0) is 14.2. The fourth-order valence-corrected chi connectivity index (χ4v) is 0.814. The Morgan fingerprint density at radius 3 is 1.67 bits per heavy atom. The lowest BCUT2D eigenvalue weighted by molar-refractivity contribution is -0.158. The smallest absolute Gasteiger partial charge is 0.396 e. The topological polar surface area (TPSA) is 196 Å². The van der Waals surface area contributed by atoms with E-state index in [2.05, 4.69) is 20.1 Å². The van der Waals surface area contributed by atoms with Gasteiger partial charge >= 0.3 is 11.8 Å². The van der Waals surface area contributed by atoms with Gasteiger partial charge in [-0.15, -0.1) is 15.3 Å². The van der Waals surface area contributed by atoms with E-state index in [0.717, 1.165) is 0 Å². The molecule has 6 N–H and O–H groups in total. The van der Waals surface area contributed by atoms with Gasteiger partial charge in [-0.3, -0.25) is 0 Å². The Balaban J connectivity index is 4.81. The van der Waals surface area contributed by atoms with Crippen LogP contribution in [-0.2, 0) is 9.53 Å². The molecule has 0 saturated heterocycles. The van der Waals surface area contributed by atoms with E-state index < -0.39 is 43.6 Å². The number of ether oxygens (including phenoxy) is 1. The second kappa shape index (κ2) is 6.78. The largest absolute Gasteiger partial charge is 0.460 e.